The molecule has 1 rings (SSSR count). The molecule has 1 heteroatoms. The molecule has 0 spiro atoms. The van der Waals surface area contributed by atoms with Crippen LogP contribution in [0.15, 0.2) is 30.3 Å². The zero-order valence-electron chi connectivity index (χ0n) is 4.89. The maximum Gasteiger partial charge on any atom is -0.0398 e. The van der Waals surface area contributed by atoms with E-state index >= 15 is 0 Å². The number of aryl methyl sites for hydroxylation is 1. The van der Waals surface area contributed by atoms with Crippen LogP contribution in [0.2, 0.25) is 0 Å². The van der Waals surface area contributed by atoms with Gasteiger partial charge in [0.05, 0.1) is 0 Å². The molecule has 0 aliphatic carbocycles. The second kappa shape index (κ2) is 3.22. The molecule has 0 fully saturated rings. The molecule has 1 aromatic carbocycles. The Morgan fingerprint density at radius 1 is 1.00 bits per heavy atom. The monoisotopic (exact) mass is 97.1 g/mol. The van der Waals surface area contributed by atoms with Gasteiger partial charge in [0.1, 0.15) is 0 Å². The first-order valence-corrected chi connectivity index (χ1v) is 2.41. The van der Waals surface area contributed by atoms with Gasteiger partial charge in [0.25, 0.3) is 0 Å². The fourth-order valence-corrected chi connectivity index (χ4v) is 0.534. The van der Waals surface area contributed by atoms with Crippen LogP contribution < -0.4 is 0 Å². The maximum atomic E-state index is 2.08. The van der Waals surface area contributed by atoms with Gasteiger partial charge in [-0.15, -0.1) is 0 Å². The minimum Gasteiger partial charge on any atom is -0.412 e. The van der Waals surface area contributed by atoms with Crippen molar-refractivity contribution >= 4 is 0 Å². The van der Waals surface area contributed by atoms with E-state index in [0.29, 0.717) is 0 Å². The Hall–Kier alpha value is -0.820. The molecule has 0 amide bonds. The van der Waals surface area contributed by atoms with Crippen molar-refractivity contribution in [2.75, 3.05) is 0 Å². The van der Waals surface area contributed by atoms with E-state index in [2.05, 4.69) is 19.1 Å². The summed E-state index contributed by atoms with van der Waals surface area (Å²) >= 11 is 0. The SMILES string of the molecule is Cc1ccccc1.[3OH2]. The van der Waals surface area contributed by atoms with Gasteiger partial charge in [-0.25, -0.2) is 0 Å². The predicted molar refractivity (Wildman–Crippen MR) is 34.8 cm³/mol. The number of rotatable bonds is 0. The van der Waals surface area contributed by atoms with Crippen LogP contribution in [-0.2, 0) is 0 Å². The van der Waals surface area contributed by atoms with Gasteiger partial charge in [0.15, 0.2) is 0 Å². The van der Waals surface area contributed by atoms with E-state index in [1.807, 2.05) is 18.2 Å². The quantitative estimate of drug-likeness (QED) is 0.465. The molecule has 0 aliphatic rings. The van der Waals surface area contributed by atoms with Crippen LogP contribution >= 0.6 is 0 Å². The van der Waals surface area contributed by atoms with Crippen molar-refractivity contribution < 1.29 is 5.48 Å². The van der Waals surface area contributed by atoms with Crippen LogP contribution in [0.5, 0.6) is 0 Å². The third kappa shape index (κ3) is 1.76. The molecule has 8 heavy (non-hydrogen) atoms. The van der Waals surface area contributed by atoms with Crippen molar-refractivity contribution in [2.24, 2.45) is 0 Å². The van der Waals surface area contributed by atoms with Gasteiger partial charge < -0.3 is 5.48 Å². The van der Waals surface area contributed by atoms with E-state index in [-0.39, 0.29) is 5.48 Å². The highest BCUT2D eigenvalue weighted by Gasteiger charge is 1.72. The first-order chi connectivity index (χ1) is 3.39. The fraction of sp³-hybridized carbons (Fsp3) is 0.143. The van der Waals surface area contributed by atoms with Crippen LogP contribution in [-0.4, -0.2) is 5.48 Å². The summed E-state index contributed by atoms with van der Waals surface area (Å²) in [5.74, 6) is 0. The summed E-state index contributed by atoms with van der Waals surface area (Å²) in [6, 6.07) is 10.3. The molecular formula is C7H10O. The lowest BCUT2D eigenvalue weighted by molar-refractivity contribution is 0.824. The smallest absolute Gasteiger partial charge is 0.0398 e. The lowest BCUT2D eigenvalue weighted by Crippen LogP contribution is -1.62. The second-order valence-electron chi connectivity index (χ2n) is 1.65. The van der Waals surface area contributed by atoms with Gasteiger partial charge in [-0.3, -0.25) is 0 Å². The molecule has 0 radical (unpaired) electrons. The molecule has 0 saturated heterocycles. The van der Waals surface area contributed by atoms with Gasteiger partial charge in [0.2, 0.25) is 0 Å². The highest BCUT2D eigenvalue weighted by molar-refractivity contribution is 5.11. The van der Waals surface area contributed by atoms with Gasteiger partial charge in [-0.1, -0.05) is 35.9 Å². The lowest BCUT2D eigenvalue weighted by atomic mass is 3.00. The summed E-state index contributed by atoms with van der Waals surface area (Å²) in [4.78, 5) is 0. The Morgan fingerprint density at radius 2 is 1.50 bits per heavy atom. The lowest BCUT2D eigenvalue weighted by Gasteiger charge is -1.82. The number of benzene rings is 1. The number of hydrogen-bond donors (Lipinski definition) is 0. The molecular weight excluding hydrogens is 87.1 g/mol. The van der Waals surface area contributed by atoms with Gasteiger partial charge in [-0.2, -0.15) is 0 Å². The van der Waals surface area contributed by atoms with Gasteiger partial charge in [0, 0.05) is 0 Å². The minimum atomic E-state index is 0. The first-order valence-electron chi connectivity index (χ1n) is 2.41. The third-order valence-electron chi connectivity index (χ3n) is 0.940. The summed E-state index contributed by atoms with van der Waals surface area (Å²) in [5.41, 5.74) is 1.32. The summed E-state index contributed by atoms with van der Waals surface area (Å²) in [6.07, 6.45) is 0. The molecule has 0 unspecified atom stereocenters. The van der Waals surface area contributed by atoms with Crippen LogP contribution in [0.4, 0.5) is 0 Å². The molecule has 1 nitrogen and oxygen atoms in total. The average molecular weight is 97.2 g/mol. The molecule has 1 aromatic rings. The first kappa shape index (κ1) is 7.18. The minimum absolute atomic E-state index is 0. The topological polar surface area (TPSA) is 31.5 Å². The van der Waals surface area contributed by atoms with Crippen molar-refractivity contribution in [2.45, 2.75) is 6.92 Å². The van der Waals surface area contributed by atoms with E-state index in [1.165, 1.54) is 5.56 Å². The second-order valence-corrected chi connectivity index (χ2v) is 1.65. The molecule has 2 N–H and O–H groups in total. The Balaban J connectivity index is 0.000000490. The van der Waals surface area contributed by atoms with Crippen LogP contribution in [0.25, 0.3) is 0 Å². The Kier molecular flexibility index (Phi) is 2.89. The summed E-state index contributed by atoms with van der Waals surface area (Å²) in [6.45, 7) is 2.08. The summed E-state index contributed by atoms with van der Waals surface area (Å²) in [5, 5.41) is 0. The average Bonchev–Trinajstić information content (AvgIpc) is 1.69. The van der Waals surface area contributed by atoms with Gasteiger partial charge in [-0.05, 0) is 6.92 Å². The van der Waals surface area contributed by atoms with Crippen LogP contribution in [0, 0.1) is 6.92 Å². The zero-order valence-corrected chi connectivity index (χ0v) is 4.89. The molecule has 44 valence electrons. The highest BCUT2D eigenvalue weighted by atomic mass is 13.8. The highest BCUT2D eigenvalue weighted by Crippen LogP contribution is 1.92. The fourth-order valence-electron chi connectivity index (χ4n) is 0.534. The zero-order chi connectivity index (χ0) is 5.11. The Labute approximate surface area is 49.3 Å². The van der Waals surface area contributed by atoms with Crippen molar-refractivity contribution in [3.05, 3.63) is 35.9 Å². The van der Waals surface area contributed by atoms with Crippen LogP contribution in [0.3, 0.4) is 0 Å². The third-order valence-corrected chi connectivity index (χ3v) is 0.940. The predicted octanol–water partition coefficient (Wildman–Crippen LogP) is 1.17. The van der Waals surface area contributed by atoms with E-state index in [1.54, 1.807) is 0 Å². The Morgan fingerprint density at radius 3 is 1.75 bits per heavy atom. The van der Waals surface area contributed by atoms with Crippen molar-refractivity contribution in [1.29, 1.82) is 0 Å². The maximum absolute atomic E-state index is 2.08. The normalized spacial score (nSPS) is 7.62. The Bertz CT molecular complexity index is 134. The van der Waals surface area contributed by atoms with Crippen LogP contribution in [0.1, 0.15) is 5.56 Å². The molecule has 0 heterocycles. The standard InChI is InChI=1S/C7H8.H2O/c1-7-5-3-2-4-6-7;/h2-6H,1H3;1H2/i;1-13. The largest absolute Gasteiger partial charge is 0.412 e. The van der Waals surface area contributed by atoms with E-state index in [9.17, 15) is 0 Å². The van der Waals surface area contributed by atoms with Crippen molar-refractivity contribution in [3.8, 4) is 0 Å². The van der Waals surface area contributed by atoms with E-state index in [4.69, 9.17) is 0 Å². The summed E-state index contributed by atoms with van der Waals surface area (Å²) in [7, 11) is 0. The molecule has 0 aliphatic heterocycles. The molecule has 0 bridgehead atoms. The number of hydrogen-bond acceptors (Lipinski definition) is 0. The molecule has 0 atom stereocenters. The summed E-state index contributed by atoms with van der Waals surface area (Å²) < 4.78 is 0. The van der Waals surface area contributed by atoms with Gasteiger partial charge >= 0.3 is 0 Å². The van der Waals surface area contributed by atoms with Crippen molar-refractivity contribution in [3.63, 3.8) is 0 Å². The van der Waals surface area contributed by atoms with E-state index in [0.717, 1.165) is 0 Å². The van der Waals surface area contributed by atoms with Crippen molar-refractivity contribution in [1.82, 2.24) is 0 Å². The molecule has 0 saturated carbocycles. The molecule has 0 aromatic heterocycles. The van der Waals surface area contributed by atoms with E-state index < -0.39 is 0 Å².